The average molecular weight is 250 g/mol. The van der Waals surface area contributed by atoms with Gasteiger partial charge in [0.25, 0.3) is 0 Å². The summed E-state index contributed by atoms with van der Waals surface area (Å²) in [7, 11) is 1.82. The number of carbonyl (C=O) groups excluding carboxylic acids is 1. The second-order valence-corrected chi connectivity index (χ2v) is 5.05. The predicted molar refractivity (Wildman–Crippen MR) is 70.1 cm³/mol. The van der Waals surface area contributed by atoms with E-state index in [2.05, 4.69) is 21.8 Å². The molecule has 0 aliphatic heterocycles. The number of aromatic nitrogens is 2. The van der Waals surface area contributed by atoms with E-state index in [1.54, 1.807) is 0 Å². The fraction of sp³-hybridized carbons (Fsp3) is 0.692. The Morgan fingerprint density at radius 1 is 1.72 bits per heavy atom. The van der Waals surface area contributed by atoms with E-state index in [1.807, 2.05) is 19.4 Å². The molecule has 18 heavy (non-hydrogen) atoms. The highest BCUT2D eigenvalue weighted by atomic mass is 16.1. The van der Waals surface area contributed by atoms with Crippen molar-refractivity contribution in [2.75, 3.05) is 7.05 Å². The molecule has 0 spiro atoms. The van der Waals surface area contributed by atoms with Gasteiger partial charge in [-0.05, 0) is 32.7 Å². The Kier molecular flexibility index (Phi) is 3.71. The number of nitrogens with one attached hydrogen (secondary N) is 1. The number of imidazole rings is 1. The number of amides is 1. The van der Waals surface area contributed by atoms with Crippen LogP contribution in [-0.4, -0.2) is 28.0 Å². The van der Waals surface area contributed by atoms with Crippen molar-refractivity contribution >= 4 is 5.91 Å². The summed E-state index contributed by atoms with van der Waals surface area (Å²) in [6.07, 6.45) is 8.42. The third-order valence-electron chi connectivity index (χ3n) is 4.13. The number of primary amides is 1. The van der Waals surface area contributed by atoms with Crippen LogP contribution < -0.4 is 11.1 Å². The number of likely N-dealkylation sites (N-methyl/N-ethyl adjacent to an activating group) is 1. The second kappa shape index (κ2) is 5.10. The fourth-order valence-corrected chi connectivity index (χ4v) is 3.01. The first kappa shape index (κ1) is 13.1. The lowest BCUT2D eigenvalue weighted by molar-refractivity contribution is -0.126. The zero-order valence-electron chi connectivity index (χ0n) is 11.1. The molecule has 1 aromatic rings. The van der Waals surface area contributed by atoms with E-state index in [0.717, 1.165) is 37.9 Å². The molecule has 1 fully saturated rings. The van der Waals surface area contributed by atoms with Gasteiger partial charge < -0.3 is 15.6 Å². The van der Waals surface area contributed by atoms with E-state index in [9.17, 15) is 4.79 Å². The predicted octanol–water partition coefficient (Wildman–Crippen LogP) is 1.00. The molecule has 0 aromatic carbocycles. The van der Waals surface area contributed by atoms with Crippen LogP contribution in [0.4, 0.5) is 0 Å². The molecule has 2 unspecified atom stereocenters. The summed E-state index contributed by atoms with van der Waals surface area (Å²) in [5.41, 5.74) is 5.02. The molecule has 2 rings (SSSR count). The highest BCUT2D eigenvalue weighted by molar-refractivity contribution is 5.84. The molecule has 5 heteroatoms. The van der Waals surface area contributed by atoms with Crippen molar-refractivity contribution in [2.24, 2.45) is 5.73 Å². The molecule has 1 aliphatic carbocycles. The van der Waals surface area contributed by atoms with Crippen molar-refractivity contribution in [3.8, 4) is 0 Å². The second-order valence-electron chi connectivity index (χ2n) is 5.05. The largest absolute Gasteiger partial charge is 0.368 e. The molecule has 1 saturated carbocycles. The number of nitrogens with zero attached hydrogens (tertiary/aromatic N) is 2. The van der Waals surface area contributed by atoms with Gasteiger partial charge in [0.2, 0.25) is 5.91 Å². The van der Waals surface area contributed by atoms with Crippen LogP contribution in [0.1, 0.15) is 44.5 Å². The first-order valence-electron chi connectivity index (χ1n) is 6.63. The van der Waals surface area contributed by atoms with Gasteiger partial charge in [-0.3, -0.25) is 4.79 Å². The standard InChI is InChI=1S/C13H22N4O/c1-3-11-16-7-8-17(11)10-5-4-6-13(9-10,15-2)12(14)18/h7-8,10,15H,3-6,9H2,1-2H3,(H2,14,18). The molecule has 100 valence electrons. The van der Waals surface area contributed by atoms with Crippen molar-refractivity contribution in [1.29, 1.82) is 0 Å². The van der Waals surface area contributed by atoms with Crippen molar-refractivity contribution in [3.05, 3.63) is 18.2 Å². The molecule has 1 amide bonds. The highest BCUT2D eigenvalue weighted by Crippen LogP contribution is 2.35. The summed E-state index contributed by atoms with van der Waals surface area (Å²) in [6, 6.07) is 0.316. The molecular weight excluding hydrogens is 228 g/mol. The Morgan fingerprint density at radius 2 is 2.50 bits per heavy atom. The van der Waals surface area contributed by atoms with Gasteiger partial charge in [0.05, 0.1) is 5.54 Å². The minimum absolute atomic E-state index is 0.243. The van der Waals surface area contributed by atoms with Crippen LogP contribution in [0.15, 0.2) is 12.4 Å². The summed E-state index contributed by atoms with van der Waals surface area (Å²) in [6.45, 7) is 2.10. The van der Waals surface area contributed by atoms with Gasteiger partial charge in [-0.15, -0.1) is 0 Å². The van der Waals surface area contributed by atoms with Gasteiger partial charge in [0.15, 0.2) is 0 Å². The van der Waals surface area contributed by atoms with Crippen LogP contribution in [0.25, 0.3) is 0 Å². The zero-order valence-corrected chi connectivity index (χ0v) is 11.1. The van der Waals surface area contributed by atoms with Gasteiger partial charge in [0.1, 0.15) is 5.82 Å². The third kappa shape index (κ3) is 2.14. The lowest BCUT2D eigenvalue weighted by Gasteiger charge is -2.39. The van der Waals surface area contributed by atoms with Crippen molar-refractivity contribution < 1.29 is 4.79 Å². The molecule has 2 atom stereocenters. The van der Waals surface area contributed by atoms with Crippen LogP contribution >= 0.6 is 0 Å². The smallest absolute Gasteiger partial charge is 0.237 e. The number of hydrogen-bond donors (Lipinski definition) is 2. The summed E-state index contributed by atoms with van der Waals surface area (Å²) in [4.78, 5) is 16.1. The Morgan fingerprint density at radius 3 is 3.11 bits per heavy atom. The van der Waals surface area contributed by atoms with Crippen molar-refractivity contribution in [2.45, 2.75) is 50.6 Å². The molecule has 0 radical (unpaired) electrons. The van der Waals surface area contributed by atoms with Crippen LogP contribution in [0.3, 0.4) is 0 Å². The summed E-state index contributed by atoms with van der Waals surface area (Å²) < 4.78 is 2.20. The number of aryl methyl sites for hydroxylation is 1. The zero-order chi connectivity index (χ0) is 13.2. The minimum Gasteiger partial charge on any atom is -0.368 e. The van der Waals surface area contributed by atoms with E-state index in [1.165, 1.54) is 0 Å². The topological polar surface area (TPSA) is 72.9 Å². The molecule has 0 bridgehead atoms. The van der Waals surface area contributed by atoms with E-state index in [4.69, 9.17) is 5.73 Å². The Hall–Kier alpha value is -1.36. The number of nitrogens with two attached hydrogens (primary N) is 1. The van der Waals surface area contributed by atoms with E-state index < -0.39 is 5.54 Å². The van der Waals surface area contributed by atoms with Crippen molar-refractivity contribution in [3.63, 3.8) is 0 Å². The quantitative estimate of drug-likeness (QED) is 0.837. The third-order valence-corrected chi connectivity index (χ3v) is 4.13. The normalized spacial score (nSPS) is 28.2. The van der Waals surface area contributed by atoms with Gasteiger partial charge >= 0.3 is 0 Å². The van der Waals surface area contributed by atoms with Crippen LogP contribution in [0, 0.1) is 0 Å². The lowest BCUT2D eigenvalue weighted by Crippen LogP contribution is -2.56. The highest BCUT2D eigenvalue weighted by Gasteiger charge is 2.40. The SMILES string of the molecule is CCc1nccn1C1CCCC(NC)(C(N)=O)C1. The number of carbonyl (C=O) groups is 1. The maximum Gasteiger partial charge on any atom is 0.237 e. The Labute approximate surface area is 108 Å². The number of rotatable bonds is 4. The maximum absolute atomic E-state index is 11.7. The van der Waals surface area contributed by atoms with Gasteiger partial charge in [0, 0.05) is 24.9 Å². The monoisotopic (exact) mass is 250 g/mol. The van der Waals surface area contributed by atoms with E-state index >= 15 is 0 Å². The van der Waals surface area contributed by atoms with Gasteiger partial charge in [-0.25, -0.2) is 4.98 Å². The van der Waals surface area contributed by atoms with E-state index in [-0.39, 0.29) is 5.91 Å². The molecule has 1 aromatic heterocycles. The van der Waals surface area contributed by atoms with E-state index in [0.29, 0.717) is 6.04 Å². The fourth-order valence-electron chi connectivity index (χ4n) is 3.01. The lowest BCUT2D eigenvalue weighted by atomic mass is 9.78. The first-order valence-corrected chi connectivity index (χ1v) is 6.63. The first-order chi connectivity index (χ1) is 8.63. The molecule has 5 nitrogen and oxygen atoms in total. The summed E-state index contributed by atoms with van der Waals surface area (Å²) >= 11 is 0. The number of hydrogen-bond acceptors (Lipinski definition) is 3. The van der Waals surface area contributed by atoms with Crippen LogP contribution in [0.5, 0.6) is 0 Å². The molecule has 1 aliphatic rings. The van der Waals surface area contributed by atoms with Gasteiger partial charge in [-0.2, -0.15) is 0 Å². The van der Waals surface area contributed by atoms with Gasteiger partial charge in [-0.1, -0.05) is 6.92 Å². The molecule has 1 heterocycles. The van der Waals surface area contributed by atoms with Crippen LogP contribution in [0.2, 0.25) is 0 Å². The Balaban J connectivity index is 2.23. The maximum atomic E-state index is 11.7. The summed E-state index contributed by atoms with van der Waals surface area (Å²) in [5.74, 6) is 0.837. The summed E-state index contributed by atoms with van der Waals surface area (Å²) in [5, 5.41) is 3.14. The molecule has 0 saturated heterocycles. The Bertz CT molecular complexity index is 428. The average Bonchev–Trinajstić information content (AvgIpc) is 2.86. The molecular formula is C13H22N4O. The van der Waals surface area contributed by atoms with Crippen molar-refractivity contribution in [1.82, 2.24) is 14.9 Å². The molecule has 3 N–H and O–H groups in total. The minimum atomic E-state index is -0.557. The van der Waals surface area contributed by atoms with Crippen LogP contribution in [-0.2, 0) is 11.2 Å².